The van der Waals surface area contributed by atoms with E-state index in [1.807, 2.05) is 0 Å². The number of anilines is 1. The van der Waals surface area contributed by atoms with Crippen LogP contribution in [0.25, 0.3) is 0 Å². The van der Waals surface area contributed by atoms with Gasteiger partial charge >= 0.3 is 6.18 Å². The summed E-state index contributed by atoms with van der Waals surface area (Å²) in [6.45, 7) is 2.05. The van der Waals surface area contributed by atoms with Crippen LogP contribution >= 0.6 is 0 Å². The molecule has 0 radical (unpaired) electrons. The summed E-state index contributed by atoms with van der Waals surface area (Å²) in [5.74, 6) is -1.24. The maximum atomic E-state index is 12.6. The van der Waals surface area contributed by atoms with E-state index in [2.05, 4.69) is 14.9 Å². The lowest BCUT2D eigenvalue weighted by atomic mass is 10.1. The molecule has 0 saturated heterocycles. The molecule has 0 bridgehead atoms. The van der Waals surface area contributed by atoms with Crippen molar-refractivity contribution in [1.82, 2.24) is 15.2 Å². The number of rotatable bonds is 5. The summed E-state index contributed by atoms with van der Waals surface area (Å²) < 4.78 is 41.9. The van der Waals surface area contributed by atoms with E-state index in [-0.39, 0.29) is 5.82 Å². The summed E-state index contributed by atoms with van der Waals surface area (Å²) in [4.78, 5) is 12.8. The number of nitrogens with two attached hydrogens (primary N) is 1. The van der Waals surface area contributed by atoms with E-state index < -0.39 is 30.4 Å². The number of halogens is 3. The van der Waals surface area contributed by atoms with Crippen molar-refractivity contribution in [3.63, 3.8) is 0 Å². The van der Waals surface area contributed by atoms with Crippen LogP contribution in [0.4, 0.5) is 19.0 Å². The van der Waals surface area contributed by atoms with Gasteiger partial charge in [0.05, 0.1) is 0 Å². The highest BCUT2D eigenvalue weighted by molar-refractivity contribution is 5.96. The number of nitrogen functional groups attached to an aromatic ring is 1. The molecule has 1 heterocycles. The fourth-order valence-electron chi connectivity index (χ4n) is 1.77. The van der Waals surface area contributed by atoms with Crippen LogP contribution in [0.15, 0.2) is 4.63 Å². The summed E-state index contributed by atoms with van der Waals surface area (Å²) in [5, 5.41) is 6.44. The Labute approximate surface area is 107 Å². The molecule has 0 aliphatic rings. The minimum atomic E-state index is -4.50. The quantitative estimate of drug-likeness (QED) is 0.889. The third kappa shape index (κ3) is 3.83. The van der Waals surface area contributed by atoms with Crippen molar-refractivity contribution in [3.8, 4) is 0 Å². The van der Waals surface area contributed by atoms with Crippen LogP contribution in [0.5, 0.6) is 0 Å². The minimum Gasteiger partial charge on any atom is -0.379 e. The van der Waals surface area contributed by atoms with Gasteiger partial charge in [0.25, 0.3) is 5.91 Å². The smallest absolute Gasteiger partial charge is 0.379 e. The van der Waals surface area contributed by atoms with Gasteiger partial charge in [0, 0.05) is 6.04 Å². The standard InChI is InChI=1S/C10H15F3N4O2/c1-3-6(4-2)17(5-10(11,12)13)9(18)7-8(14)16-19-15-7/h6H,3-5H2,1-2H3,(H2,14,16). The van der Waals surface area contributed by atoms with Crippen LogP contribution < -0.4 is 5.73 Å². The zero-order chi connectivity index (χ0) is 14.6. The second kappa shape index (κ2) is 5.89. The molecular weight excluding hydrogens is 265 g/mol. The van der Waals surface area contributed by atoms with E-state index in [0.29, 0.717) is 17.7 Å². The Balaban J connectivity index is 3.02. The summed E-state index contributed by atoms with van der Waals surface area (Å²) in [5.41, 5.74) is 4.94. The van der Waals surface area contributed by atoms with Gasteiger partial charge in [-0.2, -0.15) is 13.2 Å². The number of alkyl halides is 3. The second-order valence-electron chi connectivity index (χ2n) is 4.02. The summed E-state index contributed by atoms with van der Waals surface area (Å²) in [6, 6.07) is -0.551. The van der Waals surface area contributed by atoms with Crippen molar-refractivity contribution < 1.29 is 22.6 Å². The first kappa shape index (κ1) is 15.3. The van der Waals surface area contributed by atoms with Crippen molar-refractivity contribution >= 4 is 11.7 Å². The maximum absolute atomic E-state index is 12.6. The molecule has 1 amide bonds. The van der Waals surface area contributed by atoms with Gasteiger partial charge < -0.3 is 10.6 Å². The van der Waals surface area contributed by atoms with Crippen molar-refractivity contribution in [1.29, 1.82) is 0 Å². The molecule has 0 spiro atoms. The molecule has 0 unspecified atom stereocenters. The Hall–Kier alpha value is -1.80. The van der Waals surface area contributed by atoms with Gasteiger partial charge in [-0.05, 0) is 23.2 Å². The monoisotopic (exact) mass is 280 g/mol. The first-order valence-corrected chi connectivity index (χ1v) is 5.75. The zero-order valence-electron chi connectivity index (χ0n) is 10.6. The van der Waals surface area contributed by atoms with E-state index in [9.17, 15) is 18.0 Å². The van der Waals surface area contributed by atoms with Crippen molar-refractivity contribution in [3.05, 3.63) is 5.69 Å². The average Bonchev–Trinajstić information content (AvgIpc) is 2.73. The van der Waals surface area contributed by atoms with Crippen LogP contribution in [-0.4, -0.2) is 39.9 Å². The predicted molar refractivity (Wildman–Crippen MR) is 60.2 cm³/mol. The Morgan fingerprint density at radius 2 is 1.95 bits per heavy atom. The number of carbonyl (C=O) groups is 1. The molecule has 9 heteroatoms. The molecular formula is C10H15F3N4O2. The van der Waals surface area contributed by atoms with E-state index in [0.717, 1.165) is 0 Å². The van der Waals surface area contributed by atoms with Gasteiger partial charge in [-0.25, -0.2) is 4.63 Å². The lowest BCUT2D eigenvalue weighted by Crippen LogP contribution is -2.45. The van der Waals surface area contributed by atoms with Gasteiger partial charge in [-0.15, -0.1) is 0 Å². The third-order valence-corrected chi connectivity index (χ3v) is 2.71. The van der Waals surface area contributed by atoms with E-state index >= 15 is 0 Å². The van der Waals surface area contributed by atoms with E-state index in [1.54, 1.807) is 13.8 Å². The lowest BCUT2D eigenvalue weighted by molar-refractivity contribution is -0.145. The number of hydrogen-bond donors (Lipinski definition) is 1. The third-order valence-electron chi connectivity index (χ3n) is 2.71. The van der Waals surface area contributed by atoms with Crippen molar-refractivity contribution in [2.24, 2.45) is 0 Å². The number of hydrogen-bond acceptors (Lipinski definition) is 5. The SMILES string of the molecule is CCC(CC)N(CC(F)(F)F)C(=O)c1nonc1N. The van der Waals surface area contributed by atoms with Crippen molar-refractivity contribution in [2.75, 3.05) is 12.3 Å². The normalized spacial score (nSPS) is 11.9. The zero-order valence-corrected chi connectivity index (χ0v) is 10.6. The van der Waals surface area contributed by atoms with Gasteiger partial charge in [-0.3, -0.25) is 4.79 Å². The molecule has 0 aromatic carbocycles. The fourth-order valence-corrected chi connectivity index (χ4v) is 1.77. The van der Waals surface area contributed by atoms with Crippen LogP contribution in [0.3, 0.4) is 0 Å². The molecule has 1 rings (SSSR count). The molecule has 0 atom stereocenters. The predicted octanol–water partition coefficient (Wildman–Crippen LogP) is 1.84. The number of amides is 1. The number of nitrogens with zero attached hydrogens (tertiary/aromatic N) is 3. The molecule has 19 heavy (non-hydrogen) atoms. The van der Waals surface area contributed by atoms with Crippen LogP contribution in [0.2, 0.25) is 0 Å². The fraction of sp³-hybridized carbons (Fsp3) is 0.700. The molecule has 2 N–H and O–H groups in total. The highest BCUT2D eigenvalue weighted by atomic mass is 19.4. The molecule has 0 aliphatic heterocycles. The summed E-state index contributed by atoms with van der Waals surface area (Å²) >= 11 is 0. The minimum absolute atomic E-state index is 0.317. The van der Waals surface area contributed by atoms with Crippen LogP contribution in [-0.2, 0) is 0 Å². The molecule has 0 fully saturated rings. The Kier molecular flexibility index (Phi) is 4.73. The van der Waals surface area contributed by atoms with Crippen LogP contribution in [0.1, 0.15) is 37.2 Å². The van der Waals surface area contributed by atoms with Gasteiger partial charge in [-0.1, -0.05) is 13.8 Å². The highest BCUT2D eigenvalue weighted by Crippen LogP contribution is 2.22. The first-order valence-electron chi connectivity index (χ1n) is 5.75. The second-order valence-corrected chi connectivity index (χ2v) is 4.02. The highest BCUT2D eigenvalue weighted by Gasteiger charge is 2.37. The molecule has 1 aromatic rings. The molecule has 0 aliphatic carbocycles. The van der Waals surface area contributed by atoms with Crippen molar-refractivity contribution in [2.45, 2.75) is 38.9 Å². The largest absolute Gasteiger partial charge is 0.406 e. The Morgan fingerprint density at radius 1 is 1.37 bits per heavy atom. The van der Waals surface area contributed by atoms with Gasteiger partial charge in [0.2, 0.25) is 11.5 Å². The topological polar surface area (TPSA) is 85.2 Å². The molecule has 1 aromatic heterocycles. The summed E-state index contributed by atoms with van der Waals surface area (Å²) in [7, 11) is 0. The molecule has 6 nitrogen and oxygen atoms in total. The number of aromatic nitrogens is 2. The van der Waals surface area contributed by atoms with E-state index in [1.165, 1.54) is 0 Å². The molecule has 0 saturated carbocycles. The Morgan fingerprint density at radius 3 is 2.32 bits per heavy atom. The Bertz CT molecular complexity index is 429. The lowest BCUT2D eigenvalue weighted by Gasteiger charge is -2.30. The number of carbonyl (C=O) groups excluding carboxylic acids is 1. The summed E-state index contributed by atoms with van der Waals surface area (Å²) in [6.07, 6.45) is -3.71. The molecule has 108 valence electrons. The maximum Gasteiger partial charge on any atom is 0.406 e. The average molecular weight is 280 g/mol. The first-order chi connectivity index (χ1) is 8.80. The van der Waals surface area contributed by atoms with Crippen LogP contribution in [0, 0.1) is 0 Å². The van der Waals surface area contributed by atoms with Gasteiger partial charge in [0.15, 0.2) is 0 Å². The van der Waals surface area contributed by atoms with E-state index in [4.69, 9.17) is 5.73 Å². The van der Waals surface area contributed by atoms with Gasteiger partial charge in [0.1, 0.15) is 6.54 Å².